The monoisotopic (exact) mass is 208 g/mol. The summed E-state index contributed by atoms with van der Waals surface area (Å²) in [4.78, 5) is 6.78. The summed E-state index contributed by atoms with van der Waals surface area (Å²) in [6, 6.07) is 0.462. The van der Waals surface area contributed by atoms with Gasteiger partial charge in [0.1, 0.15) is 0 Å². The van der Waals surface area contributed by atoms with Crippen LogP contribution in [0.1, 0.15) is 19.8 Å². The third-order valence-corrected chi connectivity index (χ3v) is 2.93. The van der Waals surface area contributed by atoms with Gasteiger partial charge in [0.15, 0.2) is 0 Å². The van der Waals surface area contributed by atoms with Gasteiger partial charge in [-0.05, 0) is 32.9 Å². The molecule has 1 aromatic rings. The fourth-order valence-corrected chi connectivity index (χ4v) is 2.12. The minimum atomic E-state index is 0.462. The zero-order valence-electron chi connectivity index (χ0n) is 9.61. The molecular weight excluding hydrogens is 188 g/mol. The molecule has 2 rings (SSSR count). The Morgan fingerprint density at radius 1 is 1.47 bits per heavy atom. The molecule has 15 heavy (non-hydrogen) atoms. The Morgan fingerprint density at radius 2 is 2.20 bits per heavy atom. The lowest BCUT2D eigenvalue weighted by Gasteiger charge is -2.21. The summed E-state index contributed by atoms with van der Waals surface area (Å²) in [5, 5.41) is 3.43. The van der Waals surface area contributed by atoms with Gasteiger partial charge in [0.2, 0.25) is 5.95 Å². The Labute approximate surface area is 91.3 Å². The molecule has 0 bridgehead atoms. The van der Waals surface area contributed by atoms with Crippen molar-refractivity contribution in [3.05, 3.63) is 12.4 Å². The normalized spacial score (nSPS) is 19.3. The lowest BCUT2D eigenvalue weighted by molar-refractivity contribution is 0.327. The minimum Gasteiger partial charge on any atom is -0.352 e. The second-order valence-electron chi connectivity index (χ2n) is 4.41. The lowest BCUT2D eigenvalue weighted by atomic mass is 10.3. The van der Waals surface area contributed by atoms with E-state index in [0.29, 0.717) is 6.04 Å². The van der Waals surface area contributed by atoms with E-state index in [1.54, 1.807) is 0 Å². The summed E-state index contributed by atoms with van der Waals surface area (Å²) in [6.45, 7) is 5.85. The van der Waals surface area contributed by atoms with Gasteiger partial charge in [-0.2, -0.15) is 0 Å². The van der Waals surface area contributed by atoms with Gasteiger partial charge in [-0.15, -0.1) is 0 Å². The number of anilines is 1. The van der Waals surface area contributed by atoms with Gasteiger partial charge in [0, 0.05) is 32.0 Å². The summed E-state index contributed by atoms with van der Waals surface area (Å²) in [5.41, 5.74) is 0. The van der Waals surface area contributed by atoms with E-state index in [-0.39, 0.29) is 0 Å². The van der Waals surface area contributed by atoms with E-state index in [0.717, 1.165) is 12.5 Å². The van der Waals surface area contributed by atoms with E-state index in [2.05, 4.69) is 22.1 Å². The predicted molar refractivity (Wildman–Crippen MR) is 62.0 cm³/mol. The van der Waals surface area contributed by atoms with Gasteiger partial charge in [-0.3, -0.25) is 0 Å². The quantitative estimate of drug-likeness (QED) is 0.810. The number of hydrogen-bond donors (Lipinski definition) is 1. The molecule has 1 aliphatic rings. The first-order valence-electron chi connectivity index (χ1n) is 5.72. The molecule has 1 aromatic heterocycles. The van der Waals surface area contributed by atoms with Crippen LogP contribution in [-0.2, 0) is 7.05 Å². The molecule has 4 nitrogen and oxygen atoms in total. The number of nitrogens with one attached hydrogen (secondary N) is 1. The van der Waals surface area contributed by atoms with Crippen LogP contribution in [0.4, 0.5) is 5.95 Å². The maximum Gasteiger partial charge on any atom is 0.202 e. The second-order valence-corrected chi connectivity index (χ2v) is 4.41. The van der Waals surface area contributed by atoms with Gasteiger partial charge < -0.3 is 14.8 Å². The highest BCUT2D eigenvalue weighted by molar-refractivity contribution is 5.26. The second kappa shape index (κ2) is 4.66. The molecule has 0 aliphatic carbocycles. The van der Waals surface area contributed by atoms with Crippen molar-refractivity contribution in [3.8, 4) is 0 Å². The Morgan fingerprint density at radius 3 is 2.80 bits per heavy atom. The number of rotatable bonds is 4. The highest BCUT2D eigenvalue weighted by Gasteiger charge is 2.15. The molecule has 0 radical (unpaired) electrons. The maximum atomic E-state index is 4.26. The zero-order chi connectivity index (χ0) is 10.7. The zero-order valence-corrected chi connectivity index (χ0v) is 9.61. The van der Waals surface area contributed by atoms with E-state index in [9.17, 15) is 0 Å². The van der Waals surface area contributed by atoms with Crippen molar-refractivity contribution < 1.29 is 0 Å². The predicted octanol–water partition coefficient (Wildman–Crippen LogP) is 1.32. The number of likely N-dealkylation sites (tertiary alicyclic amines) is 1. The molecule has 0 aromatic carbocycles. The smallest absolute Gasteiger partial charge is 0.202 e. The Kier molecular flexibility index (Phi) is 3.26. The van der Waals surface area contributed by atoms with Crippen molar-refractivity contribution in [1.29, 1.82) is 0 Å². The average molecular weight is 208 g/mol. The molecule has 1 unspecified atom stereocenters. The molecule has 0 saturated carbocycles. The third-order valence-electron chi connectivity index (χ3n) is 2.93. The lowest BCUT2D eigenvalue weighted by Crippen LogP contribution is -2.33. The molecule has 1 saturated heterocycles. The third kappa shape index (κ3) is 2.72. The molecule has 84 valence electrons. The van der Waals surface area contributed by atoms with E-state index >= 15 is 0 Å². The Balaban J connectivity index is 1.81. The van der Waals surface area contributed by atoms with Gasteiger partial charge >= 0.3 is 0 Å². The first-order valence-corrected chi connectivity index (χ1v) is 5.72. The first kappa shape index (κ1) is 10.5. The van der Waals surface area contributed by atoms with E-state index < -0.39 is 0 Å². The van der Waals surface area contributed by atoms with Crippen molar-refractivity contribution in [2.75, 3.05) is 25.0 Å². The number of hydrogen-bond acceptors (Lipinski definition) is 3. The topological polar surface area (TPSA) is 33.1 Å². The van der Waals surface area contributed by atoms with Crippen molar-refractivity contribution in [3.63, 3.8) is 0 Å². The molecule has 2 heterocycles. The molecule has 1 aliphatic heterocycles. The SMILES string of the molecule is CC(CN1CCCC1)Nc1nccn1C. The highest BCUT2D eigenvalue weighted by atomic mass is 15.2. The van der Waals surface area contributed by atoms with Crippen LogP contribution in [0, 0.1) is 0 Å². The summed E-state index contributed by atoms with van der Waals surface area (Å²) in [5.74, 6) is 0.960. The van der Waals surface area contributed by atoms with Crippen LogP contribution < -0.4 is 5.32 Å². The Hall–Kier alpha value is -1.03. The summed E-state index contributed by atoms with van der Waals surface area (Å²) in [6.07, 6.45) is 6.50. The molecule has 4 heteroatoms. The molecule has 1 atom stereocenters. The van der Waals surface area contributed by atoms with Gasteiger partial charge in [0.25, 0.3) is 0 Å². The summed E-state index contributed by atoms with van der Waals surface area (Å²) < 4.78 is 2.01. The van der Waals surface area contributed by atoms with Crippen molar-refractivity contribution in [1.82, 2.24) is 14.5 Å². The Bertz CT molecular complexity index is 301. The van der Waals surface area contributed by atoms with Crippen molar-refractivity contribution >= 4 is 5.95 Å². The largest absolute Gasteiger partial charge is 0.352 e. The fraction of sp³-hybridized carbons (Fsp3) is 0.727. The van der Waals surface area contributed by atoms with Gasteiger partial charge in [-0.25, -0.2) is 4.98 Å². The molecule has 1 N–H and O–H groups in total. The fourth-order valence-electron chi connectivity index (χ4n) is 2.12. The highest BCUT2D eigenvalue weighted by Crippen LogP contribution is 2.09. The van der Waals surface area contributed by atoms with Crippen LogP contribution in [0.15, 0.2) is 12.4 Å². The number of nitrogens with zero attached hydrogens (tertiary/aromatic N) is 3. The van der Waals surface area contributed by atoms with E-state index in [1.165, 1.54) is 25.9 Å². The van der Waals surface area contributed by atoms with E-state index in [1.807, 2.05) is 24.0 Å². The van der Waals surface area contributed by atoms with Crippen LogP contribution >= 0.6 is 0 Å². The number of aryl methyl sites for hydroxylation is 1. The van der Waals surface area contributed by atoms with Gasteiger partial charge in [0.05, 0.1) is 0 Å². The van der Waals surface area contributed by atoms with Crippen LogP contribution in [0.3, 0.4) is 0 Å². The minimum absolute atomic E-state index is 0.462. The maximum absolute atomic E-state index is 4.26. The van der Waals surface area contributed by atoms with Gasteiger partial charge in [-0.1, -0.05) is 0 Å². The van der Waals surface area contributed by atoms with Crippen LogP contribution in [0.25, 0.3) is 0 Å². The molecule has 0 spiro atoms. The summed E-state index contributed by atoms with van der Waals surface area (Å²) in [7, 11) is 2.01. The molecule has 1 fully saturated rings. The van der Waals surface area contributed by atoms with E-state index in [4.69, 9.17) is 0 Å². The van der Waals surface area contributed by atoms with Crippen molar-refractivity contribution in [2.24, 2.45) is 7.05 Å². The summed E-state index contributed by atoms with van der Waals surface area (Å²) >= 11 is 0. The average Bonchev–Trinajstić information content (AvgIpc) is 2.79. The van der Waals surface area contributed by atoms with Crippen LogP contribution in [0.2, 0.25) is 0 Å². The first-order chi connectivity index (χ1) is 7.25. The molecule has 0 amide bonds. The van der Waals surface area contributed by atoms with Crippen LogP contribution in [-0.4, -0.2) is 40.1 Å². The molecular formula is C11H20N4. The number of imidazole rings is 1. The number of aromatic nitrogens is 2. The standard InChI is InChI=1S/C11H20N4/c1-10(9-15-6-3-4-7-15)13-11-12-5-8-14(11)2/h5,8,10H,3-4,6-7,9H2,1-2H3,(H,12,13). The van der Waals surface area contributed by atoms with Crippen LogP contribution in [0.5, 0.6) is 0 Å². The van der Waals surface area contributed by atoms with Crippen molar-refractivity contribution in [2.45, 2.75) is 25.8 Å².